The van der Waals surface area contributed by atoms with Gasteiger partial charge in [0.05, 0.1) is 44.1 Å². The summed E-state index contributed by atoms with van der Waals surface area (Å²) in [4.78, 5) is 28.7. The van der Waals surface area contributed by atoms with E-state index < -0.39 is 0 Å². The van der Waals surface area contributed by atoms with Crippen molar-refractivity contribution in [2.75, 3.05) is 37.1 Å². The van der Waals surface area contributed by atoms with Gasteiger partial charge < -0.3 is 19.5 Å². The van der Waals surface area contributed by atoms with Gasteiger partial charge in [-0.05, 0) is 50.1 Å². The number of carbonyl (C=O) groups is 1. The summed E-state index contributed by atoms with van der Waals surface area (Å²) in [5.74, 6) is 1.63. The molecule has 1 aromatic carbocycles. The second-order valence-corrected chi connectivity index (χ2v) is 8.50. The number of aliphatic hydroxyl groups excluding tert-OH is 1. The Morgan fingerprint density at radius 3 is 2.82 bits per heavy atom. The van der Waals surface area contributed by atoms with Crippen LogP contribution in [0.4, 0.5) is 11.8 Å². The number of nitrogens with one attached hydrogen (secondary N) is 1. The van der Waals surface area contributed by atoms with Crippen LogP contribution in [0.1, 0.15) is 25.3 Å². The molecule has 0 radical (unpaired) electrons. The molecule has 1 amide bonds. The predicted molar refractivity (Wildman–Crippen MR) is 124 cm³/mol. The minimum absolute atomic E-state index is 0.0468. The zero-order valence-corrected chi connectivity index (χ0v) is 18.7. The molecule has 2 aliphatic rings. The quantitative estimate of drug-likeness (QED) is 0.591. The lowest BCUT2D eigenvalue weighted by Crippen LogP contribution is -2.44. The van der Waals surface area contributed by atoms with Crippen molar-refractivity contribution in [1.82, 2.24) is 15.0 Å². The number of amides is 1. The molecule has 3 aromatic rings. The lowest BCUT2D eigenvalue weighted by atomic mass is 10.1. The molecule has 9 nitrogen and oxygen atoms in total. The number of anilines is 2. The van der Waals surface area contributed by atoms with E-state index >= 15 is 0 Å². The number of aromatic nitrogens is 3. The molecule has 1 atom stereocenters. The second kappa shape index (κ2) is 8.92. The fourth-order valence-electron chi connectivity index (χ4n) is 4.09. The van der Waals surface area contributed by atoms with E-state index in [-0.39, 0.29) is 30.4 Å². The van der Waals surface area contributed by atoms with Crippen LogP contribution in [-0.2, 0) is 16.1 Å². The van der Waals surface area contributed by atoms with Gasteiger partial charge in [-0.3, -0.25) is 10.1 Å². The second-order valence-electron chi connectivity index (χ2n) is 8.50. The van der Waals surface area contributed by atoms with E-state index in [1.165, 1.54) is 0 Å². The highest BCUT2D eigenvalue weighted by molar-refractivity contribution is 5.95. The number of nitrogens with zero attached hydrogens (tertiary/aromatic N) is 4. The Balaban J connectivity index is 1.59. The Hall–Kier alpha value is -3.30. The van der Waals surface area contributed by atoms with Crippen LogP contribution in [0.25, 0.3) is 22.3 Å². The number of morpholine rings is 1. The van der Waals surface area contributed by atoms with Gasteiger partial charge in [-0.2, -0.15) is 9.97 Å². The molecule has 1 saturated heterocycles. The number of methoxy groups -OCH3 is 1. The zero-order valence-electron chi connectivity index (χ0n) is 18.7. The van der Waals surface area contributed by atoms with Crippen molar-refractivity contribution in [2.24, 2.45) is 5.92 Å². The molecule has 2 N–H and O–H groups in total. The van der Waals surface area contributed by atoms with E-state index in [4.69, 9.17) is 19.4 Å². The SMILES string of the molecule is COc1ccc(-c2ccc3c(N4CCOCC4C)nc(NC(=O)C4CC4)nc3n2)cc1CO. The van der Waals surface area contributed by atoms with Crippen molar-refractivity contribution < 1.29 is 19.4 Å². The van der Waals surface area contributed by atoms with Gasteiger partial charge >= 0.3 is 0 Å². The molecule has 172 valence electrons. The van der Waals surface area contributed by atoms with Crippen molar-refractivity contribution in [3.05, 3.63) is 35.9 Å². The lowest BCUT2D eigenvalue weighted by Gasteiger charge is -2.34. The van der Waals surface area contributed by atoms with Gasteiger partial charge in [0, 0.05) is 23.6 Å². The summed E-state index contributed by atoms with van der Waals surface area (Å²) in [7, 11) is 1.57. The maximum absolute atomic E-state index is 12.4. The highest BCUT2D eigenvalue weighted by Gasteiger charge is 2.31. The topological polar surface area (TPSA) is 110 Å². The molecule has 2 aromatic heterocycles. The predicted octanol–water partition coefficient (Wildman–Crippen LogP) is 2.77. The van der Waals surface area contributed by atoms with Crippen molar-refractivity contribution in [1.29, 1.82) is 0 Å². The third-order valence-corrected chi connectivity index (χ3v) is 6.11. The van der Waals surface area contributed by atoms with Crippen LogP contribution >= 0.6 is 0 Å². The largest absolute Gasteiger partial charge is 0.496 e. The number of fused-ring (bicyclic) bond motifs is 1. The molecule has 0 bridgehead atoms. The summed E-state index contributed by atoms with van der Waals surface area (Å²) in [5, 5.41) is 13.4. The minimum Gasteiger partial charge on any atom is -0.496 e. The molecule has 3 heterocycles. The number of aliphatic hydroxyl groups is 1. The van der Waals surface area contributed by atoms with Crippen molar-refractivity contribution in [2.45, 2.75) is 32.4 Å². The Kier molecular flexibility index (Phi) is 5.82. The van der Waals surface area contributed by atoms with Crippen LogP contribution in [0.5, 0.6) is 5.75 Å². The Bertz CT molecular complexity index is 1200. The van der Waals surface area contributed by atoms with Crippen LogP contribution in [0.15, 0.2) is 30.3 Å². The van der Waals surface area contributed by atoms with Gasteiger partial charge in [-0.25, -0.2) is 4.98 Å². The monoisotopic (exact) mass is 449 g/mol. The van der Waals surface area contributed by atoms with Crippen LogP contribution in [0.2, 0.25) is 0 Å². The molecule has 1 aliphatic heterocycles. The highest BCUT2D eigenvalue weighted by Crippen LogP contribution is 2.33. The van der Waals surface area contributed by atoms with E-state index in [1.54, 1.807) is 7.11 Å². The van der Waals surface area contributed by atoms with Crippen LogP contribution < -0.4 is 15.0 Å². The number of hydrogen-bond donors (Lipinski definition) is 2. The van der Waals surface area contributed by atoms with Gasteiger partial charge in [0.1, 0.15) is 11.6 Å². The van der Waals surface area contributed by atoms with Crippen molar-refractivity contribution in [3.8, 4) is 17.0 Å². The summed E-state index contributed by atoms with van der Waals surface area (Å²) in [6, 6.07) is 9.59. The zero-order chi connectivity index (χ0) is 22.9. The first-order valence-electron chi connectivity index (χ1n) is 11.2. The first-order valence-corrected chi connectivity index (χ1v) is 11.2. The maximum atomic E-state index is 12.4. The summed E-state index contributed by atoms with van der Waals surface area (Å²) in [6.07, 6.45) is 1.81. The highest BCUT2D eigenvalue weighted by atomic mass is 16.5. The van der Waals surface area contributed by atoms with Crippen LogP contribution in [-0.4, -0.2) is 58.9 Å². The summed E-state index contributed by atoms with van der Waals surface area (Å²) in [6.45, 7) is 3.87. The minimum atomic E-state index is -0.136. The Morgan fingerprint density at radius 2 is 2.09 bits per heavy atom. The molecule has 2 fully saturated rings. The van der Waals surface area contributed by atoms with Gasteiger partial charge in [0.25, 0.3) is 0 Å². The van der Waals surface area contributed by atoms with Crippen molar-refractivity contribution in [3.63, 3.8) is 0 Å². The molecule has 0 spiro atoms. The van der Waals surface area contributed by atoms with E-state index in [1.807, 2.05) is 30.3 Å². The van der Waals surface area contributed by atoms with Gasteiger partial charge in [0.2, 0.25) is 11.9 Å². The first-order chi connectivity index (χ1) is 16.1. The first kappa shape index (κ1) is 21.5. The third kappa shape index (κ3) is 4.34. The average Bonchev–Trinajstić information content (AvgIpc) is 3.69. The summed E-state index contributed by atoms with van der Waals surface area (Å²) < 4.78 is 10.9. The molecule has 5 rings (SSSR count). The number of ether oxygens (including phenoxy) is 2. The fraction of sp³-hybridized carbons (Fsp3) is 0.417. The van der Waals surface area contributed by atoms with E-state index in [0.29, 0.717) is 42.4 Å². The molecule has 33 heavy (non-hydrogen) atoms. The van der Waals surface area contributed by atoms with E-state index in [9.17, 15) is 9.90 Å². The van der Waals surface area contributed by atoms with Gasteiger partial charge in [-0.15, -0.1) is 0 Å². The molecule has 1 saturated carbocycles. The number of pyridine rings is 1. The van der Waals surface area contributed by atoms with E-state index in [0.717, 1.165) is 29.6 Å². The van der Waals surface area contributed by atoms with Crippen LogP contribution in [0, 0.1) is 5.92 Å². The van der Waals surface area contributed by atoms with Crippen molar-refractivity contribution >= 4 is 28.7 Å². The van der Waals surface area contributed by atoms with E-state index in [2.05, 4.69) is 22.1 Å². The lowest BCUT2D eigenvalue weighted by molar-refractivity contribution is -0.117. The number of carbonyl (C=O) groups excluding carboxylic acids is 1. The average molecular weight is 450 g/mol. The summed E-state index contributed by atoms with van der Waals surface area (Å²) >= 11 is 0. The van der Waals surface area contributed by atoms with Gasteiger partial charge in [-0.1, -0.05) is 0 Å². The summed E-state index contributed by atoms with van der Waals surface area (Å²) in [5.41, 5.74) is 2.73. The standard InChI is InChI=1S/C24H27N5O4/c1-14-13-33-10-9-29(14)22-18-6-7-19(16-5-8-20(32-2)17(11-16)12-30)25-21(18)26-24(27-22)28-23(31)15-3-4-15/h5-8,11,14-15,30H,3-4,9-10,12-13H2,1-2H3,(H,25,26,27,28,31). The Morgan fingerprint density at radius 1 is 1.24 bits per heavy atom. The third-order valence-electron chi connectivity index (χ3n) is 6.11. The molecule has 1 aliphatic carbocycles. The Labute approximate surface area is 191 Å². The maximum Gasteiger partial charge on any atom is 0.233 e. The van der Waals surface area contributed by atoms with Gasteiger partial charge in [0.15, 0.2) is 5.65 Å². The number of rotatable bonds is 6. The number of hydrogen-bond acceptors (Lipinski definition) is 8. The smallest absolute Gasteiger partial charge is 0.233 e. The van der Waals surface area contributed by atoms with Crippen LogP contribution in [0.3, 0.4) is 0 Å². The molecular formula is C24H27N5O4. The number of benzene rings is 1. The fourth-order valence-corrected chi connectivity index (χ4v) is 4.09. The molecule has 1 unspecified atom stereocenters. The molecular weight excluding hydrogens is 422 g/mol. The molecule has 9 heteroatoms. The normalized spacial score (nSPS) is 18.4.